The van der Waals surface area contributed by atoms with E-state index in [1.165, 1.54) is 33.7 Å². The van der Waals surface area contributed by atoms with Crippen LogP contribution in [0, 0.1) is 0 Å². The first-order valence-corrected chi connectivity index (χ1v) is 10.6. The van der Waals surface area contributed by atoms with Crippen molar-refractivity contribution in [2.45, 2.75) is 51.1 Å². The van der Waals surface area contributed by atoms with Crippen molar-refractivity contribution < 1.29 is 4.79 Å². The highest BCUT2D eigenvalue weighted by molar-refractivity contribution is 7.14. The largest absolute Gasteiger partial charge is 0.344 e. The van der Waals surface area contributed by atoms with Crippen molar-refractivity contribution in [3.8, 4) is 0 Å². The lowest BCUT2D eigenvalue weighted by Crippen LogP contribution is -2.30. The molecule has 0 unspecified atom stereocenters. The normalized spacial score (nSPS) is 18.1. The number of carbonyl (C=O) groups is 1. The van der Waals surface area contributed by atoms with E-state index in [-0.39, 0.29) is 11.9 Å². The van der Waals surface area contributed by atoms with Gasteiger partial charge in [0.05, 0.1) is 23.7 Å². The highest BCUT2D eigenvalue weighted by Gasteiger charge is 2.27. The third-order valence-electron chi connectivity index (χ3n) is 5.71. The molecule has 5 rings (SSSR count). The Kier molecular flexibility index (Phi) is 4.32. The van der Waals surface area contributed by atoms with Crippen LogP contribution in [-0.4, -0.2) is 15.7 Å². The van der Waals surface area contributed by atoms with Crippen LogP contribution in [0.2, 0.25) is 0 Å². The van der Waals surface area contributed by atoms with E-state index in [1.807, 2.05) is 12.3 Å². The summed E-state index contributed by atoms with van der Waals surface area (Å²) in [5, 5.41) is 7.91. The molecule has 0 spiro atoms. The van der Waals surface area contributed by atoms with Crippen molar-refractivity contribution in [3.63, 3.8) is 0 Å². The van der Waals surface area contributed by atoms with Crippen molar-refractivity contribution in [2.75, 3.05) is 0 Å². The summed E-state index contributed by atoms with van der Waals surface area (Å²) in [5.41, 5.74) is 5.09. The van der Waals surface area contributed by atoms with Crippen molar-refractivity contribution in [3.05, 3.63) is 74.7 Å². The molecule has 1 atom stereocenters. The summed E-state index contributed by atoms with van der Waals surface area (Å²) in [6, 6.07) is 12.6. The third kappa shape index (κ3) is 3.21. The van der Waals surface area contributed by atoms with Gasteiger partial charge in [0.15, 0.2) is 0 Å². The van der Waals surface area contributed by atoms with Crippen molar-refractivity contribution in [1.82, 2.24) is 15.1 Å². The van der Waals surface area contributed by atoms with Crippen LogP contribution in [-0.2, 0) is 25.8 Å². The Hall–Kier alpha value is -2.40. The Bertz CT molecular complexity index is 951. The van der Waals surface area contributed by atoms with Gasteiger partial charge < -0.3 is 5.32 Å². The standard InChI is InChI=1S/C22H23N3OS/c26-22(21-12-16-8-4-11-20(16)27-21)24-18-9-5-10-19-17(18)13-23-25(19)14-15-6-2-1-3-7-15/h1-3,6-7,12-13,18H,4-5,8-11,14H2,(H,24,26)/t18-/m1/s1. The van der Waals surface area contributed by atoms with Gasteiger partial charge in [0, 0.05) is 16.1 Å². The van der Waals surface area contributed by atoms with Gasteiger partial charge in [-0.2, -0.15) is 5.10 Å². The molecule has 4 nitrogen and oxygen atoms in total. The molecular formula is C22H23N3OS. The molecule has 2 aromatic heterocycles. The molecule has 0 aliphatic heterocycles. The van der Waals surface area contributed by atoms with E-state index in [2.05, 4.69) is 45.4 Å². The quantitative estimate of drug-likeness (QED) is 0.737. The Morgan fingerprint density at radius 3 is 2.93 bits per heavy atom. The van der Waals surface area contributed by atoms with Gasteiger partial charge in [0.25, 0.3) is 5.91 Å². The minimum atomic E-state index is 0.0720. The summed E-state index contributed by atoms with van der Waals surface area (Å²) in [5.74, 6) is 0.0723. The summed E-state index contributed by atoms with van der Waals surface area (Å²) >= 11 is 1.67. The van der Waals surface area contributed by atoms with Crippen LogP contribution >= 0.6 is 11.3 Å². The van der Waals surface area contributed by atoms with E-state index in [4.69, 9.17) is 0 Å². The average molecular weight is 378 g/mol. The number of hydrogen-bond donors (Lipinski definition) is 1. The molecule has 0 saturated carbocycles. The summed E-state index contributed by atoms with van der Waals surface area (Å²) in [6.07, 6.45) is 8.54. The van der Waals surface area contributed by atoms with Gasteiger partial charge >= 0.3 is 0 Å². The van der Waals surface area contributed by atoms with Crippen LogP contribution in [0.4, 0.5) is 0 Å². The van der Waals surface area contributed by atoms with Gasteiger partial charge in [0.1, 0.15) is 0 Å². The van der Waals surface area contributed by atoms with Gasteiger partial charge in [-0.1, -0.05) is 30.3 Å². The van der Waals surface area contributed by atoms with Crippen LogP contribution < -0.4 is 5.32 Å². The Labute approximate surface area is 163 Å². The average Bonchev–Trinajstić information content (AvgIpc) is 3.38. The topological polar surface area (TPSA) is 46.9 Å². The fourth-order valence-electron chi connectivity index (χ4n) is 4.33. The summed E-state index contributed by atoms with van der Waals surface area (Å²) in [7, 11) is 0. The minimum absolute atomic E-state index is 0.0720. The molecule has 2 heterocycles. The Morgan fingerprint density at radius 2 is 2.07 bits per heavy atom. The van der Waals surface area contributed by atoms with E-state index in [9.17, 15) is 4.79 Å². The predicted molar refractivity (Wildman–Crippen MR) is 107 cm³/mol. The second-order valence-corrected chi connectivity index (χ2v) is 8.66. The van der Waals surface area contributed by atoms with Crippen molar-refractivity contribution in [1.29, 1.82) is 0 Å². The number of amides is 1. The molecule has 0 bridgehead atoms. The first-order chi connectivity index (χ1) is 13.3. The summed E-state index contributed by atoms with van der Waals surface area (Å²) in [6.45, 7) is 0.786. The fourth-order valence-corrected chi connectivity index (χ4v) is 5.49. The van der Waals surface area contributed by atoms with E-state index < -0.39 is 0 Å². The SMILES string of the molecule is O=C(N[C@@H]1CCCc2c1cnn2Cc1ccccc1)c1cc2c(s1)CCC2. The molecular weight excluding hydrogens is 354 g/mol. The molecule has 2 aliphatic rings. The molecule has 0 saturated heterocycles. The Morgan fingerprint density at radius 1 is 1.19 bits per heavy atom. The zero-order chi connectivity index (χ0) is 18.2. The van der Waals surface area contributed by atoms with E-state index in [0.717, 1.165) is 43.5 Å². The second kappa shape index (κ2) is 6.97. The molecule has 5 heteroatoms. The Balaban J connectivity index is 1.34. The number of nitrogens with zero attached hydrogens (tertiary/aromatic N) is 2. The van der Waals surface area contributed by atoms with Crippen LogP contribution in [0.15, 0.2) is 42.6 Å². The van der Waals surface area contributed by atoms with Crippen molar-refractivity contribution in [2.24, 2.45) is 0 Å². The monoisotopic (exact) mass is 377 g/mol. The molecule has 138 valence electrons. The summed E-state index contributed by atoms with van der Waals surface area (Å²) < 4.78 is 2.10. The maximum absolute atomic E-state index is 12.8. The number of carbonyl (C=O) groups excluding carboxylic acids is 1. The van der Waals surface area contributed by atoms with Gasteiger partial charge in [-0.25, -0.2) is 0 Å². The van der Waals surface area contributed by atoms with Crippen LogP contribution in [0.5, 0.6) is 0 Å². The number of hydrogen-bond acceptors (Lipinski definition) is 3. The maximum Gasteiger partial charge on any atom is 0.261 e. The molecule has 2 aliphatic carbocycles. The zero-order valence-corrected chi connectivity index (χ0v) is 16.1. The molecule has 0 radical (unpaired) electrons. The number of benzene rings is 1. The number of rotatable bonds is 4. The fraction of sp³-hybridized carbons (Fsp3) is 0.364. The number of aryl methyl sites for hydroxylation is 2. The lowest BCUT2D eigenvalue weighted by atomic mass is 9.93. The third-order valence-corrected chi connectivity index (χ3v) is 6.95. The minimum Gasteiger partial charge on any atom is -0.344 e. The number of fused-ring (bicyclic) bond motifs is 2. The van der Waals surface area contributed by atoms with Gasteiger partial charge in [0.2, 0.25) is 0 Å². The van der Waals surface area contributed by atoms with Gasteiger partial charge in [-0.05, 0) is 55.7 Å². The maximum atomic E-state index is 12.8. The van der Waals surface area contributed by atoms with E-state index >= 15 is 0 Å². The smallest absolute Gasteiger partial charge is 0.261 e. The number of nitrogens with one attached hydrogen (secondary N) is 1. The highest BCUT2D eigenvalue weighted by Crippen LogP contribution is 2.33. The molecule has 27 heavy (non-hydrogen) atoms. The van der Waals surface area contributed by atoms with Crippen LogP contribution in [0.25, 0.3) is 0 Å². The lowest BCUT2D eigenvalue weighted by Gasteiger charge is -2.24. The molecule has 1 aromatic carbocycles. The van der Waals surface area contributed by atoms with Crippen LogP contribution in [0.1, 0.15) is 62.2 Å². The lowest BCUT2D eigenvalue weighted by molar-refractivity contribution is 0.0936. The first kappa shape index (κ1) is 16.8. The van der Waals surface area contributed by atoms with Gasteiger partial charge in [-0.15, -0.1) is 11.3 Å². The van der Waals surface area contributed by atoms with E-state index in [0.29, 0.717) is 0 Å². The predicted octanol–water partition coefficient (Wildman–Crippen LogP) is 4.29. The highest BCUT2D eigenvalue weighted by atomic mass is 32.1. The summed E-state index contributed by atoms with van der Waals surface area (Å²) in [4.78, 5) is 15.1. The molecule has 1 amide bonds. The van der Waals surface area contributed by atoms with Gasteiger partial charge in [-0.3, -0.25) is 9.48 Å². The molecule has 0 fully saturated rings. The first-order valence-electron chi connectivity index (χ1n) is 9.79. The number of aromatic nitrogens is 2. The van der Waals surface area contributed by atoms with E-state index in [1.54, 1.807) is 11.3 Å². The zero-order valence-electron chi connectivity index (χ0n) is 15.3. The second-order valence-electron chi connectivity index (χ2n) is 7.52. The van der Waals surface area contributed by atoms with Crippen LogP contribution in [0.3, 0.4) is 0 Å². The molecule has 1 N–H and O–H groups in total. The number of thiophene rings is 1. The molecule has 3 aromatic rings. The van der Waals surface area contributed by atoms with Crippen molar-refractivity contribution >= 4 is 17.2 Å².